The highest BCUT2D eigenvalue weighted by Crippen LogP contribution is 2.30. The smallest absolute Gasteiger partial charge is 0.245 e. The Balaban J connectivity index is 2.42. The van der Waals surface area contributed by atoms with E-state index in [0.29, 0.717) is 6.42 Å². The molecule has 2 N–H and O–H groups in total. The van der Waals surface area contributed by atoms with E-state index >= 15 is 0 Å². The van der Waals surface area contributed by atoms with Crippen molar-refractivity contribution >= 4 is 5.91 Å². The monoisotopic (exact) mass is 242 g/mol. The van der Waals surface area contributed by atoms with Crippen LogP contribution in [0.2, 0.25) is 0 Å². The topological polar surface area (TPSA) is 50.4 Å². The molecule has 0 aromatic carbocycles. The van der Waals surface area contributed by atoms with Crippen LogP contribution in [0.5, 0.6) is 0 Å². The summed E-state index contributed by atoms with van der Waals surface area (Å²) in [4.78, 5) is 17.1. The van der Waals surface area contributed by atoms with Gasteiger partial charge in [-0.1, -0.05) is 19.3 Å². The summed E-state index contributed by atoms with van der Waals surface area (Å²) in [6, 6.07) is 0. The molecule has 100 valence electrons. The molecule has 0 bridgehead atoms. The number of rotatable bonds is 4. The average Bonchev–Trinajstić information content (AvgIpc) is 2.27. The Hall–Kier alpha value is -0.610. The summed E-state index contributed by atoms with van der Waals surface area (Å²) in [5.74, 6) is -0.0313. The molecule has 1 fully saturated rings. The van der Waals surface area contributed by atoms with Crippen LogP contribution in [0.3, 0.4) is 0 Å². The van der Waals surface area contributed by atoms with Gasteiger partial charge in [-0.25, -0.2) is 5.48 Å². The minimum Gasteiger partial charge on any atom is -0.314 e. The minimum absolute atomic E-state index is 0.0242. The molecule has 0 spiro atoms. The van der Waals surface area contributed by atoms with Crippen LogP contribution in [-0.2, 0) is 9.63 Å². The molecular weight excluding hydrogens is 216 g/mol. The highest BCUT2D eigenvalue weighted by Gasteiger charge is 2.32. The van der Waals surface area contributed by atoms with E-state index < -0.39 is 0 Å². The Bertz CT molecular complexity index is 253. The van der Waals surface area contributed by atoms with Crippen LogP contribution >= 0.6 is 0 Å². The van der Waals surface area contributed by atoms with Crippen molar-refractivity contribution in [1.82, 2.24) is 10.8 Å². The fraction of sp³-hybridized carbons (Fsp3) is 0.923. The number of carbonyl (C=O) groups excluding carboxylic acids is 1. The molecule has 0 unspecified atom stereocenters. The lowest BCUT2D eigenvalue weighted by Crippen LogP contribution is -2.48. The molecule has 4 nitrogen and oxygen atoms in total. The van der Waals surface area contributed by atoms with Crippen LogP contribution in [0.25, 0.3) is 0 Å². The predicted molar refractivity (Wildman–Crippen MR) is 68.5 cm³/mol. The Morgan fingerprint density at radius 3 is 2.29 bits per heavy atom. The Morgan fingerprint density at radius 1 is 1.24 bits per heavy atom. The summed E-state index contributed by atoms with van der Waals surface area (Å²) in [6.45, 7) is 5.76. The van der Waals surface area contributed by atoms with E-state index in [-0.39, 0.29) is 17.0 Å². The molecule has 0 atom stereocenters. The maximum absolute atomic E-state index is 11.8. The van der Waals surface area contributed by atoms with Gasteiger partial charge in [0, 0.05) is 12.0 Å². The van der Waals surface area contributed by atoms with Gasteiger partial charge in [-0.15, -0.1) is 0 Å². The first-order valence-electron chi connectivity index (χ1n) is 6.53. The van der Waals surface area contributed by atoms with Crippen LogP contribution in [-0.4, -0.2) is 24.1 Å². The summed E-state index contributed by atoms with van der Waals surface area (Å²) in [5.41, 5.74) is 2.19. The van der Waals surface area contributed by atoms with Crippen molar-refractivity contribution in [2.45, 2.75) is 70.4 Å². The maximum Gasteiger partial charge on any atom is 0.245 e. The average molecular weight is 242 g/mol. The van der Waals surface area contributed by atoms with Gasteiger partial charge in [-0.05, 0) is 40.7 Å². The molecule has 1 aliphatic rings. The first kappa shape index (κ1) is 14.5. The second-order valence-electron chi connectivity index (χ2n) is 6.01. The fourth-order valence-electron chi connectivity index (χ4n) is 2.30. The Labute approximate surface area is 104 Å². The van der Waals surface area contributed by atoms with E-state index in [4.69, 9.17) is 4.84 Å². The first-order valence-corrected chi connectivity index (χ1v) is 6.53. The fourth-order valence-corrected chi connectivity index (χ4v) is 2.30. The summed E-state index contributed by atoms with van der Waals surface area (Å²) >= 11 is 0. The first-order chi connectivity index (χ1) is 7.87. The minimum atomic E-state index is -0.338. The molecule has 1 rings (SSSR count). The van der Waals surface area contributed by atoms with Crippen molar-refractivity contribution in [3.8, 4) is 0 Å². The van der Waals surface area contributed by atoms with Crippen LogP contribution in [0, 0.1) is 0 Å². The van der Waals surface area contributed by atoms with Crippen LogP contribution in [0.4, 0.5) is 0 Å². The van der Waals surface area contributed by atoms with Gasteiger partial charge in [0.2, 0.25) is 5.91 Å². The largest absolute Gasteiger partial charge is 0.314 e. The quantitative estimate of drug-likeness (QED) is 0.743. The summed E-state index contributed by atoms with van der Waals surface area (Å²) in [6.07, 6.45) is 6.34. The van der Waals surface area contributed by atoms with E-state index in [9.17, 15) is 4.79 Å². The zero-order chi connectivity index (χ0) is 12.9. The standard InChI is InChI=1S/C13H26N2O2/c1-12(2,3)17-15-11(16)10-13(14-4)8-6-5-7-9-13/h14H,5-10H2,1-4H3,(H,15,16). The van der Waals surface area contributed by atoms with E-state index in [2.05, 4.69) is 10.8 Å². The lowest BCUT2D eigenvalue weighted by Gasteiger charge is -2.36. The Morgan fingerprint density at radius 2 is 1.82 bits per heavy atom. The molecule has 0 aromatic rings. The van der Waals surface area contributed by atoms with E-state index in [1.165, 1.54) is 19.3 Å². The van der Waals surface area contributed by atoms with E-state index in [0.717, 1.165) is 12.8 Å². The second-order valence-corrected chi connectivity index (χ2v) is 6.01. The third-order valence-electron chi connectivity index (χ3n) is 3.31. The number of carbonyl (C=O) groups is 1. The van der Waals surface area contributed by atoms with E-state index in [1.807, 2.05) is 27.8 Å². The van der Waals surface area contributed by atoms with Gasteiger partial charge >= 0.3 is 0 Å². The van der Waals surface area contributed by atoms with Gasteiger partial charge in [0.25, 0.3) is 0 Å². The highest BCUT2D eigenvalue weighted by molar-refractivity contribution is 5.76. The Kier molecular flexibility index (Phi) is 4.95. The summed E-state index contributed by atoms with van der Waals surface area (Å²) < 4.78 is 0. The molecule has 1 amide bonds. The zero-order valence-electron chi connectivity index (χ0n) is 11.6. The van der Waals surface area contributed by atoms with Crippen molar-refractivity contribution < 1.29 is 9.63 Å². The molecule has 17 heavy (non-hydrogen) atoms. The molecule has 0 aliphatic heterocycles. The third-order valence-corrected chi connectivity index (χ3v) is 3.31. The molecular formula is C13H26N2O2. The van der Waals surface area contributed by atoms with Crippen molar-refractivity contribution in [2.24, 2.45) is 0 Å². The molecule has 0 saturated heterocycles. The number of nitrogens with one attached hydrogen (secondary N) is 2. The molecule has 1 saturated carbocycles. The second kappa shape index (κ2) is 5.83. The van der Waals surface area contributed by atoms with Crippen molar-refractivity contribution in [3.63, 3.8) is 0 Å². The molecule has 0 heterocycles. The lowest BCUT2D eigenvalue weighted by molar-refractivity contribution is -0.147. The zero-order valence-corrected chi connectivity index (χ0v) is 11.6. The number of hydrogen-bond acceptors (Lipinski definition) is 3. The van der Waals surface area contributed by atoms with Gasteiger partial charge in [-0.3, -0.25) is 9.63 Å². The van der Waals surface area contributed by atoms with Gasteiger partial charge in [-0.2, -0.15) is 0 Å². The molecule has 0 aromatic heterocycles. The van der Waals surface area contributed by atoms with E-state index in [1.54, 1.807) is 0 Å². The normalized spacial score (nSPS) is 20.0. The number of hydrogen-bond donors (Lipinski definition) is 2. The van der Waals surface area contributed by atoms with Gasteiger partial charge < -0.3 is 5.32 Å². The van der Waals surface area contributed by atoms with Gasteiger partial charge in [0.1, 0.15) is 0 Å². The maximum atomic E-state index is 11.8. The summed E-state index contributed by atoms with van der Waals surface area (Å²) in [7, 11) is 1.95. The van der Waals surface area contributed by atoms with Crippen molar-refractivity contribution in [3.05, 3.63) is 0 Å². The molecule has 0 radical (unpaired) electrons. The SMILES string of the molecule is CNC1(CC(=O)NOC(C)(C)C)CCCCC1. The number of hydroxylamine groups is 1. The molecule has 1 aliphatic carbocycles. The lowest BCUT2D eigenvalue weighted by atomic mass is 9.79. The third kappa shape index (κ3) is 5.04. The highest BCUT2D eigenvalue weighted by atomic mass is 16.7. The van der Waals surface area contributed by atoms with Crippen LogP contribution in [0.15, 0.2) is 0 Å². The summed E-state index contributed by atoms with van der Waals surface area (Å²) in [5, 5.41) is 3.33. The number of amides is 1. The van der Waals surface area contributed by atoms with Crippen LogP contribution < -0.4 is 10.8 Å². The van der Waals surface area contributed by atoms with Gasteiger partial charge in [0.05, 0.1) is 5.60 Å². The van der Waals surface area contributed by atoms with Crippen molar-refractivity contribution in [1.29, 1.82) is 0 Å². The predicted octanol–water partition coefficient (Wildman–Crippen LogP) is 2.15. The van der Waals surface area contributed by atoms with Crippen molar-refractivity contribution in [2.75, 3.05) is 7.05 Å². The van der Waals surface area contributed by atoms with Crippen LogP contribution in [0.1, 0.15) is 59.3 Å². The molecule has 4 heteroatoms. The van der Waals surface area contributed by atoms with Gasteiger partial charge in [0.15, 0.2) is 0 Å².